The Kier molecular flexibility index (Phi) is 5.25. The quantitative estimate of drug-likeness (QED) is 0.631. The number of aromatic hydroxyl groups is 1. The number of carbonyl (C=O) groups is 1. The summed E-state index contributed by atoms with van der Waals surface area (Å²) in [6.45, 7) is 2.38. The molecule has 0 saturated heterocycles. The minimum Gasteiger partial charge on any atom is -0.508 e. The van der Waals surface area contributed by atoms with Crippen LogP contribution in [-0.4, -0.2) is 29.9 Å². The van der Waals surface area contributed by atoms with Crippen molar-refractivity contribution in [2.24, 2.45) is 0 Å². The van der Waals surface area contributed by atoms with Crippen LogP contribution in [0, 0.1) is 0 Å². The Morgan fingerprint density at radius 1 is 1.17 bits per heavy atom. The van der Waals surface area contributed by atoms with Gasteiger partial charge in [0.2, 0.25) is 0 Å². The normalized spacial score (nSPS) is 11.1. The first-order valence-electron chi connectivity index (χ1n) is 7.10. The molecule has 0 amide bonds. The summed E-state index contributed by atoms with van der Waals surface area (Å²) in [4.78, 5) is 11.5. The molecule has 120 valence electrons. The fourth-order valence-electron chi connectivity index (χ4n) is 2.16. The van der Waals surface area contributed by atoms with Crippen LogP contribution >= 0.6 is 0 Å². The van der Waals surface area contributed by atoms with Gasteiger partial charge in [-0.05, 0) is 48.4 Å². The lowest BCUT2D eigenvalue weighted by Crippen LogP contribution is -2.00. The molecule has 23 heavy (non-hydrogen) atoms. The third-order valence-electron chi connectivity index (χ3n) is 3.19. The minimum atomic E-state index is -1.08. The van der Waals surface area contributed by atoms with Crippen LogP contribution in [0.5, 0.6) is 17.2 Å². The number of rotatable bonds is 6. The second-order valence-electron chi connectivity index (χ2n) is 4.76. The molecule has 0 unspecified atom stereocenters. The maximum atomic E-state index is 11.5. The Morgan fingerprint density at radius 2 is 1.96 bits per heavy atom. The average Bonchev–Trinajstić information content (AvgIpc) is 2.53. The fourth-order valence-corrected chi connectivity index (χ4v) is 2.16. The molecule has 2 rings (SSSR count). The zero-order chi connectivity index (χ0) is 16.8. The fraction of sp³-hybridized carbons (Fsp3) is 0.167. The summed E-state index contributed by atoms with van der Waals surface area (Å²) in [5.74, 6) is 0.0602. The molecule has 5 nitrogen and oxygen atoms in total. The zero-order valence-corrected chi connectivity index (χ0v) is 12.9. The maximum Gasteiger partial charge on any atom is 0.336 e. The number of carboxylic acids is 1. The topological polar surface area (TPSA) is 76.0 Å². The van der Waals surface area contributed by atoms with Gasteiger partial charge >= 0.3 is 5.97 Å². The van der Waals surface area contributed by atoms with Crippen LogP contribution in [0.15, 0.2) is 42.5 Å². The van der Waals surface area contributed by atoms with Crippen LogP contribution < -0.4 is 9.47 Å². The van der Waals surface area contributed by atoms with Gasteiger partial charge < -0.3 is 19.7 Å². The molecule has 0 aliphatic heterocycles. The second kappa shape index (κ2) is 7.35. The lowest BCUT2D eigenvalue weighted by Gasteiger charge is -2.10. The number of ether oxygens (including phenoxy) is 2. The van der Waals surface area contributed by atoms with Gasteiger partial charge in [0, 0.05) is 0 Å². The first-order chi connectivity index (χ1) is 11.0. The highest BCUT2D eigenvalue weighted by Gasteiger charge is 2.12. The number of methoxy groups -OCH3 is 1. The molecule has 0 heterocycles. The Morgan fingerprint density at radius 3 is 2.57 bits per heavy atom. The van der Waals surface area contributed by atoms with E-state index in [1.165, 1.54) is 25.3 Å². The van der Waals surface area contributed by atoms with E-state index >= 15 is 0 Å². The second-order valence-corrected chi connectivity index (χ2v) is 4.76. The highest BCUT2D eigenvalue weighted by atomic mass is 16.5. The SMILES string of the molecule is CCOc1ccc(/C=C(\C(=O)O)c2cccc(O)c2)cc1OC. The summed E-state index contributed by atoms with van der Waals surface area (Å²) in [6, 6.07) is 11.3. The summed E-state index contributed by atoms with van der Waals surface area (Å²) in [7, 11) is 1.53. The molecule has 0 spiro atoms. The van der Waals surface area contributed by atoms with Gasteiger partial charge in [-0.1, -0.05) is 18.2 Å². The molecule has 2 aromatic carbocycles. The number of phenolic OH excluding ortho intramolecular Hbond substituents is 1. The number of hydrogen-bond acceptors (Lipinski definition) is 4. The van der Waals surface area contributed by atoms with Crippen molar-refractivity contribution in [1.82, 2.24) is 0 Å². The van der Waals surface area contributed by atoms with Gasteiger partial charge in [-0.3, -0.25) is 0 Å². The van der Waals surface area contributed by atoms with Gasteiger partial charge in [0.1, 0.15) is 5.75 Å². The minimum absolute atomic E-state index is 0.0129. The van der Waals surface area contributed by atoms with Gasteiger partial charge in [0.25, 0.3) is 0 Å². The van der Waals surface area contributed by atoms with Crippen LogP contribution in [0.1, 0.15) is 18.1 Å². The van der Waals surface area contributed by atoms with E-state index in [1.54, 1.807) is 30.3 Å². The van der Waals surface area contributed by atoms with Gasteiger partial charge in [-0.25, -0.2) is 4.79 Å². The number of phenols is 1. The van der Waals surface area contributed by atoms with Gasteiger partial charge in [-0.15, -0.1) is 0 Å². The summed E-state index contributed by atoms with van der Waals surface area (Å²) in [6.07, 6.45) is 1.52. The van der Waals surface area contributed by atoms with Gasteiger partial charge in [0.05, 0.1) is 19.3 Å². The van der Waals surface area contributed by atoms with Crippen molar-refractivity contribution in [3.63, 3.8) is 0 Å². The van der Waals surface area contributed by atoms with Crippen molar-refractivity contribution in [3.05, 3.63) is 53.6 Å². The Balaban J connectivity index is 2.46. The monoisotopic (exact) mass is 314 g/mol. The molecule has 0 atom stereocenters. The predicted molar refractivity (Wildman–Crippen MR) is 87.8 cm³/mol. The van der Waals surface area contributed by atoms with Crippen LogP contribution in [0.4, 0.5) is 0 Å². The zero-order valence-electron chi connectivity index (χ0n) is 12.9. The maximum absolute atomic E-state index is 11.5. The molecule has 2 N–H and O–H groups in total. The number of benzene rings is 2. The van der Waals surface area contributed by atoms with Crippen molar-refractivity contribution in [2.45, 2.75) is 6.92 Å². The van der Waals surface area contributed by atoms with Gasteiger partial charge in [0.15, 0.2) is 11.5 Å². The summed E-state index contributed by atoms with van der Waals surface area (Å²) < 4.78 is 10.7. The van der Waals surface area contributed by atoms with Crippen LogP contribution in [-0.2, 0) is 4.79 Å². The molecule has 5 heteroatoms. The van der Waals surface area contributed by atoms with E-state index in [9.17, 15) is 15.0 Å². The first-order valence-corrected chi connectivity index (χ1v) is 7.10. The van der Waals surface area contributed by atoms with E-state index in [2.05, 4.69) is 0 Å². The average molecular weight is 314 g/mol. The Bertz CT molecular complexity index is 734. The van der Waals surface area contributed by atoms with Crippen molar-refractivity contribution < 1.29 is 24.5 Å². The number of hydrogen-bond donors (Lipinski definition) is 2. The molecule has 0 fully saturated rings. The standard InChI is InChI=1S/C18H18O5/c1-3-23-16-8-7-12(10-17(16)22-2)9-15(18(20)21)13-5-4-6-14(19)11-13/h4-11,19H,3H2,1-2H3,(H,20,21)/b15-9-. The molecule has 0 aliphatic rings. The van der Waals surface area contributed by atoms with Crippen molar-refractivity contribution in [2.75, 3.05) is 13.7 Å². The van der Waals surface area contributed by atoms with Crippen LogP contribution in [0.25, 0.3) is 11.6 Å². The molecular formula is C18H18O5. The number of carboxylic acid groups (broad SMARTS) is 1. The Hall–Kier alpha value is -2.95. The molecule has 0 bridgehead atoms. The first kappa shape index (κ1) is 16.4. The van der Waals surface area contributed by atoms with Crippen LogP contribution in [0.2, 0.25) is 0 Å². The van der Waals surface area contributed by atoms with E-state index in [1.807, 2.05) is 6.92 Å². The van der Waals surface area contributed by atoms with Crippen LogP contribution in [0.3, 0.4) is 0 Å². The van der Waals surface area contributed by atoms with Gasteiger partial charge in [-0.2, -0.15) is 0 Å². The van der Waals surface area contributed by atoms with E-state index in [4.69, 9.17) is 9.47 Å². The summed E-state index contributed by atoms with van der Waals surface area (Å²) >= 11 is 0. The molecule has 2 aromatic rings. The van der Waals surface area contributed by atoms with Crippen molar-refractivity contribution in [1.29, 1.82) is 0 Å². The summed E-state index contributed by atoms with van der Waals surface area (Å²) in [5.41, 5.74) is 1.16. The molecule has 0 saturated carbocycles. The third-order valence-corrected chi connectivity index (χ3v) is 3.19. The molecule has 0 radical (unpaired) electrons. The van der Waals surface area contributed by atoms with E-state index in [-0.39, 0.29) is 11.3 Å². The van der Waals surface area contributed by atoms with E-state index in [0.29, 0.717) is 29.2 Å². The van der Waals surface area contributed by atoms with E-state index < -0.39 is 5.97 Å². The lowest BCUT2D eigenvalue weighted by atomic mass is 10.0. The summed E-state index contributed by atoms with van der Waals surface area (Å²) in [5, 5.41) is 19.0. The van der Waals surface area contributed by atoms with Crippen molar-refractivity contribution >= 4 is 17.6 Å². The lowest BCUT2D eigenvalue weighted by molar-refractivity contribution is -0.130. The molecule has 0 aromatic heterocycles. The third kappa shape index (κ3) is 4.03. The largest absolute Gasteiger partial charge is 0.508 e. The van der Waals surface area contributed by atoms with Crippen molar-refractivity contribution in [3.8, 4) is 17.2 Å². The Labute approximate surface area is 134 Å². The molecular weight excluding hydrogens is 296 g/mol. The molecule has 0 aliphatic carbocycles. The smallest absolute Gasteiger partial charge is 0.336 e. The highest BCUT2D eigenvalue weighted by molar-refractivity contribution is 6.20. The number of aliphatic carboxylic acids is 1. The predicted octanol–water partition coefficient (Wildman–Crippen LogP) is 3.42. The van der Waals surface area contributed by atoms with E-state index in [0.717, 1.165) is 0 Å². The highest BCUT2D eigenvalue weighted by Crippen LogP contribution is 2.30.